The van der Waals surface area contributed by atoms with Crippen LogP contribution in [0.1, 0.15) is 24.6 Å². The quantitative estimate of drug-likeness (QED) is 0.667. The predicted octanol–water partition coefficient (Wildman–Crippen LogP) is 0.322. The Kier molecular flexibility index (Phi) is 4.38. The van der Waals surface area contributed by atoms with E-state index in [0.29, 0.717) is 5.84 Å². The first-order chi connectivity index (χ1) is 7.70. The van der Waals surface area contributed by atoms with Gasteiger partial charge in [0.1, 0.15) is 0 Å². The van der Waals surface area contributed by atoms with Crippen molar-refractivity contribution >= 4 is 12.2 Å². The van der Waals surface area contributed by atoms with Crippen LogP contribution in [-0.2, 0) is 4.79 Å². The predicted molar refractivity (Wildman–Crippen MR) is 59.7 cm³/mol. The van der Waals surface area contributed by atoms with E-state index in [0.717, 1.165) is 18.5 Å². The topological polar surface area (TPSA) is 96.0 Å². The molecule has 0 radical (unpaired) electrons. The van der Waals surface area contributed by atoms with Crippen LogP contribution in [0.25, 0.3) is 0 Å². The van der Waals surface area contributed by atoms with Gasteiger partial charge in [-0.1, -0.05) is 0 Å². The summed E-state index contributed by atoms with van der Waals surface area (Å²) in [4.78, 5) is 18.8. The highest BCUT2D eigenvalue weighted by Gasteiger charge is 2.27. The molecular formula is C10H15N5O. The standard InChI is InChI=1S/C9H12N4.CH3NO/c1-13-8(2-3-9(13)10)7-6-11-4-5-12-7;2-1-3/h4-6,8,10H,2-3H2,1H3;1H,(H2,2,3). The van der Waals surface area contributed by atoms with Crippen LogP contribution in [0, 0.1) is 5.41 Å². The fourth-order valence-electron chi connectivity index (χ4n) is 1.66. The van der Waals surface area contributed by atoms with Crippen molar-refractivity contribution < 1.29 is 4.79 Å². The van der Waals surface area contributed by atoms with E-state index in [-0.39, 0.29) is 12.5 Å². The molecule has 2 rings (SSSR count). The number of carbonyl (C=O) groups excluding carboxylic acids is 1. The summed E-state index contributed by atoms with van der Waals surface area (Å²) in [6.45, 7) is 0. The van der Waals surface area contributed by atoms with Gasteiger partial charge in [0.15, 0.2) is 0 Å². The smallest absolute Gasteiger partial charge is 0.204 e. The van der Waals surface area contributed by atoms with Crippen molar-refractivity contribution in [2.75, 3.05) is 7.05 Å². The van der Waals surface area contributed by atoms with Crippen molar-refractivity contribution in [2.45, 2.75) is 18.9 Å². The average Bonchev–Trinajstić information content (AvgIpc) is 2.62. The van der Waals surface area contributed by atoms with Gasteiger partial charge >= 0.3 is 0 Å². The van der Waals surface area contributed by atoms with Crippen LogP contribution >= 0.6 is 0 Å². The van der Waals surface area contributed by atoms with Crippen molar-refractivity contribution in [1.82, 2.24) is 14.9 Å². The Bertz CT molecular complexity index is 353. The molecule has 6 nitrogen and oxygen atoms in total. The van der Waals surface area contributed by atoms with E-state index in [2.05, 4.69) is 15.7 Å². The minimum absolute atomic E-state index is 0.250. The van der Waals surface area contributed by atoms with Gasteiger partial charge in [-0.2, -0.15) is 0 Å². The lowest BCUT2D eigenvalue weighted by molar-refractivity contribution is -0.106. The number of aromatic nitrogens is 2. The number of rotatable bonds is 1. The molecule has 86 valence electrons. The summed E-state index contributed by atoms with van der Waals surface area (Å²) in [6.07, 6.45) is 7.22. The highest BCUT2D eigenvalue weighted by Crippen LogP contribution is 2.29. The zero-order chi connectivity index (χ0) is 12.0. The van der Waals surface area contributed by atoms with Gasteiger partial charge in [-0.05, 0) is 6.42 Å². The number of amidine groups is 1. The molecule has 0 aliphatic carbocycles. The Labute approximate surface area is 94.0 Å². The van der Waals surface area contributed by atoms with Crippen LogP contribution in [-0.4, -0.2) is 34.2 Å². The molecule has 0 saturated carbocycles. The van der Waals surface area contributed by atoms with E-state index in [9.17, 15) is 0 Å². The molecule has 1 fully saturated rings. The van der Waals surface area contributed by atoms with E-state index < -0.39 is 0 Å². The number of hydrogen-bond acceptors (Lipinski definition) is 4. The number of nitrogens with one attached hydrogen (secondary N) is 1. The normalized spacial score (nSPS) is 18.9. The fraction of sp³-hybridized carbons (Fsp3) is 0.400. The second-order valence-corrected chi connectivity index (χ2v) is 3.38. The molecule has 16 heavy (non-hydrogen) atoms. The van der Waals surface area contributed by atoms with Gasteiger partial charge < -0.3 is 10.6 Å². The van der Waals surface area contributed by atoms with Crippen molar-refractivity contribution in [3.63, 3.8) is 0 Å². The molecule has 1 amide bonds. The van der Waals surface area contributed by atoms with Gasteiger partial charge in [0.25, 0.3) is 0 Å². The molecular weight excluding hydrogens is 206 g/mol. The Balaban J connectivity index is 0.000000386. The summed E-state index contributed by atoms with van der Waals surface area (Å²) in [7, 11) is 1.94. The third-order valence-corrected chi connectivity index (χ3v) is 2.47. The van der Waals surface area contributed by atoms with E-state index in [1.807, 2.05) is 11.9 Å². The number of nitrogens with zero attached hydrogens (tertiary/aromatic N) is 3. The summed E-state index contributed by atoms with van der Waals surface area (Å²) in [5, 5.41) is 7.61. The lowest BCUT2D eigenvalue weighted by atomic mass is 10.1. The molecule has 1 aromatic heterocycles. The molecule has 0 bridgehead atoms. The summed E-state index contributed by atoms with van der Waals surface area (Å²) in [5.41, 5.74) is 5.13. The van der Waals surface area contributed by atoms with E-state index in [1.165, 1.54) is 0 Å². The minimum Gasteiger partial charge on any atom is -0.372 e. The maximum absolute atomic E-state index is 8.58. The van der Waals surface area contributed by atoms with Crippen LogP contribution in [0.4, 0.5) is 0 Å². The summed E-state index contributed by atoms with van der Waals surface area (Å²) in [5.74, 6) is 0.690. The molecule has 1 aromatic rings. The number of amides is 1. The molecule has 0 aromatic carbocycles. The third-order valence-electron chi connectivity index (χ3n) is 2.47. The first kappa shape index (κ1) is 12.1. The number of nitrogens with two attached hydrogens (primary N) is 1. The number of likely N-dealkylation sites (tertiary alicyclic amines) is 1. The zero-order valence-corrected chi connectivity index (χ0v) is 9.13. The van der Waals surface area contributed by atoms with E-state index in [4.69, 9.17) is 10.2 Å². The lowest BCUT2D eigenvalue weighted by Gasteiger charge is -2.19. The summed E-state index contributed by atoms with van der Waals surface area (Å²) >= 11 is 0. The Morgan fingerprint density at radius 2 is 2.31 bits per heavy atom. The first-order valence-corrected chi connectivity index (χ1v) is 4.92. The van der Waals surface area contributed by atoms with Crippen molar-refractivity contribution in [1.29, 1.82) is 5.41 Å². The monoisotopic (exact) mass is 221 g/mol. The lowest BCUT2D eigenvalue weighted by Crippen LogP contribution is -2.22. The molecule has 2 heterocycles. The molecule has 1 saturated heterocycles. The van der Waals surface area contributed by atoms with Crippen LogP contribution in [0.15, 0.2) is 18.6 Å². The molecule has 0 spiro atoms. The van der Waals surface area contributed by atoms with Crippen LogP contribution in [0.2, 0.25) is 0 Å². The van der Waals surface area contributed by atoms with Gasteiger partial charge in [-0.3, -0.25) is 20.2 Å². The first-order valence-electron chi connectivity index (χ1n) is 4.92. The number of hydrogen-bond donors (Lipinski definition) is 2. The molecule has 1 unspecified atom stereocenters. The highest BCUT2D eigenvalue weighted by atomic mass is 16.1. The van der Waals surface area contributed by atoms with Crippen LogP contribution < -0.4 is 5.73 Å². The van der Waals surface area contributed by atoms with E-state index >= 15 is 0 Å². The second-order valence-electron chi connectivity index (χ2n) is 3.38. The second kappa shape index (κ2) is 5.79. The minimum atomic E-state index is 0.250. The van der Waals surface area contributed by atoms with Gasteiger partial charge in [-0.15, -0.1) is 0 Å². The average molecular weight is 221 g/mol. The molecule has 3 N–H and O–H groups in total. The molecule has 6 heteroatoms. The van der Waals surface area contributed by atoms with E-state index in [1.54, 1.807) is 18.6 Å². The fourth-order valence-corrected chi connectivity index (χ4v) is 1.66. The maximum atomic E-state index is 8.58. The summed E-state index contributed by atoms with van der Waals surface area (Å²) < 4.78 is 0. The number of primary amides is 1. The summed E-state index contributed by atoms with van der Waals surface area (Å²) in [6, 6.07) is 0.251. The van der Waals surface area contributed by atoms with Crippen molar-refractivity contribution in [3.8, 4) is 0 Å². The van der Waals surface area contributed by atoms with Gasteiger partial charge in [0.2, 0.25) is 6.41 Å². The number of carbonyl (C=O) groups is 1. The van der Waals surface area contributed by atoms with Gasteiger partial charge in [-0.25, -0.2) is 0 Å². The SMILES string of the molecule is CN1C(=N)CCC1c1cnccn1.NC=O. The Hall–Kier alpha value is -1.98. The molecule has 1 aliphatic heterocycles. The van der Waals surface area contributed by atoms with Crippen molar-refractivity contribution in [3.05, 3.63) is 24.3 Å². The largest absolute Gasteiger partial charge is 0.372 e. The van der Waals surface area contributed by atoms with Crippen LogP contribution in [0.3, 0.4) is 0 Å². The third kappa shape index (κ3) is 2.75. The maximum Gasteiger partial charge on any atom is 0.204 e. The zero-order valence-electron chi connectivity index (χ0n) is 9.13. The Morgan fingerprint density at radius 1 is 1.62 bits per heavy atom. The van der Waals surface area contributed by atoms with Crippen molar-refractivity contribution in [2.24, 2.45) is 5.73 Å². The van der Waals surface area contributed by atoms with Gasteiger partial charge in [0, 0.05) is 25.9 Å². The molecule has 1 atom stereocenters. The molecule has 1 aliphatic rings. The Morgan fingerprint density at radius 3 is 2.75 bits per heavy atom. The van der Waals surface area contributed by atoms with Gasteiger partial charge in [0.05, 0.1) is 23.8 Å². The highest BCUT2D eigenvalue weighted by molar-refractivity contribution is 5.81. The van der Waals surface area contributed by atoms with Crippen LogP contribution in [0.5, 0.6) is 0 Å².